The number of methoxy groups -OCH3 is 1. The molecule has 0 bridgehead atoms. The zero-order chi connectivity index (χ0) is 18.5. The molecule has 6 heteroatoms. The zero-order valence-electron chi connectivity index (χ0n) is 14.2. The predicted molar refractivity (Wildman–Crippen MR) is 93.3 cm³/mol. The highest BCUT2D eigenvalue weighted by Crippen LogP contribution is 2.23. The fraction of sp³-hybridized carbons (Fsp3) is 0.150. The summed E-state index contributed by atoms with van der Waals surface area (Å²) in [6.07, 6.45) is 1.51. The number of phenolic OH excluding ortho intramolecular Hbond substituents is 1. The molecule has 0 radical (unpaired) electrons. The Labute approximate surface area is 150 Å². The number of carbonyl (C=O) groups is 1. The van der Waals surface area contributed by atoms with Crippen LogP contribution in [0.4, 0.5) is 4.39 Å². The van der Waals surface area contributed by atoms with Crippen LogP contribution in [0.25, 0.3) is 0 Å². The number of hydrogen-bond acceptors (Lipinski definition) is 4. The summed E-state index contributed by atoms with van der Waals surface area (Å²) in [5.41, 5.74) is 0.481. The highest BCUT2D eigenvalue weighted by Gasteiger charge is 2.22. The lowest BCUT2D eigenvalue weighted by Crippen LogP contribution is -2.30. The van der Waals surface area contributed by atoms with Crippen LogP contribution >= 0.6 is 0 Å². The lowest BCUT2D eigenvalue weighted by molar-refractivity contribution is 0.0712. The monoisotopic (exact) mass is 355 g/mol. The number of phenols is 1. The van der Waals surface area contributed by atoms with Gasteiger partial charge in [0.2, 0.25) is 0 Å². The summed E-state index contributed by atoms with van der Waals surface area (Å²) < 4.78 is 24.6. The molecule has 0 aliphatic carbocycles. The van der Waals surface area contributed by atoms with Crippen LogP contribution in [0, 0.1) is 5.82 Å². The summed E-state index contributed by atoms with van der Waals surface area (Å²) in [5, 5.41) is 10.0. The first-order valence-corrected chi connectivity index (χ1v) is 8.00. The Morgan fingerprint density at radius 2 is 1.96 bits per heavy atom. The van der Waals surface area contributed by atoms with E-state index >= 15 is 0 Å². The molecule has 0 fully saturated rings. The molecule has 1 N–H and O–H groups in total. The van der Waals surface area contributed by atoms with E-state index in [4.69, 9.17) is 9.15 Å². The fourth-order valence-electron chi connectivity index (χ4n) is 2.61. The van der Waals surface area contributed by atoms with Gasteiger partial charge in [-0.3, -0.25) is 4.79 Å². The van der Waals surface area contributed by atoms with Crippen LogP contribution in [0.2, 0.25) is 0 Å². The van der Waals surface area contributed by atoms with Crippen molar-refractivity contribution in [2.75, 3.05) is 7.11 Å². The minimum atomic E-state index is -0.670. The topological polar surface area (TPSA) is 62.9 Å². The molecule has 0 aliphatic rings. The van der Waals surface area contributed by atoms with Crippen molar-refractivity contribution in [1.82, 2.24) is 4.90 Å². The first-order chi connectivity index (χ1) is 12.6. The van der Waals surface area contributed by atoms with Crippen molar-refractivity contribution in [3.05, 3.63) is 83.6 Å². The van der Waals surface area contributed by atoms with Crippen molar-refractivity contribution in [1.29, 1.82) is 0 Å². The Balaban J connectivity index is 1.91. The van der Waals surface area contributed by atoms with E-state index < -0.39 is 11.7 Å². The number of halogens is 1. The van der Waals surface area contributed by atoms with E-state index in [0.717, 1.165) is 6.07 Å². The molecule has 1 amide bonds. The van der Waals surface area contributed by atoms with Gasteiger partial charge in [0.25, 0.3) is 5.91 Å². The van der Waals surface area contributed by atoms with Gasteiger partial charge in [-0.15, -0.1) is 0 Å². The van der Waals surface area contributed by atoms with E-state index in [9.17, 15) is 14.3 Å². The normalized spacial score (nSPS) is 10.5. The molecule has 3 rings (SSSR count). The summed E-state index contributed by atoms with van der Waals surface area (Å²) >= 11 is 0. The van der Waals surface area contributed by atoms with Crippen LogP contribution in [0.15, 0.2) is 65.3 Å². The highest BCUT2D eigenvalue weighted by atomic mass is 19.1. The quantitative estimate of drug-likeness (QED) is 0.727. The second kappa shape index (κ2) is 7.74. The third kappa shape index (κ3) is 3.85. The molecular weight excluding hydrogens is 337 g/mol. The standard InChI is InChI=1S/C20H18FNO4/c1-25-15-8-9-17(18(21)11-15)20(24)22(13-16-6-4-10-26-16)12-14-5-2-3-7-19(14)23/h2-11,23H,12-13H2,1H3. The maximum absolute atomic E-state index is 14.3. The van der Waals surface area contributed by atoms with Gasteiger partial charge < -0.3 is 19.2 Å². The van der Waals surface area contributed by atoms with Crippen LogP contribution in [-0.2, 0) is 13.1 Å². The van der Waals surface area contributed by atoms with E-state index in [1.165, 1.54) is 30.4 Å². The minimum absolute atomic E-state index is 0.0694. The molecule has 0 saturated heterocycles. The second-order valence-corrected chi connectivity index (χ2v) is 5.72. The summed E-state index contributed by atoms with van der Waals surface area (Å²) in [4.78, 5) is 14.3. The van der Waals surface area contributed by atoms with Gasteiger partial charge in [0.1, 0.15) is 23.1 Å². The van der Waals surface area contributed by atoms with E-state index in [2.05, 4.69) is 0 Å². The first-order valence-electron chi connectivity index (χ1n) is 8.00. The van der Waals surface area contributed by atoms with Crippen LogP contribution in [0.5, 0.6) is 11.5 Å². The van der Waals surface area contributed by atoms with Gasteiger partial charge in [-0.25, -0.2) is 4.39 Å². The largest absolute Gasteiger partial charge is 0.508 e. The Kier molecular flexibility index (Phi) is 5.22. The molecule has 5 nitrogen and oxygen atoms in total. The number of ether oxygens (including phenoxy) is 1. The third-order valence-electron chi connectivity index (χ3n) is 3.97. The second-order valence-electron chi connectivity index (χ2n) is 5.72. The Morgan fingerprint density at radius 3 is 2.62 bits per heavy atom. The zero-order valence-corrected chi connectivity index (χ0v) is 14.2. The van der Waals surface area contributed by atoms with Crippen molar-refractivity contribution >= 4 is 5.91 Å². The van der Waals surface area contributed by atoms with Gasteiger partial charge in [0.15, 0.2) is 0 Å². The Hall–Kier alpha value is -3.28. The van der Waals surface area contributed by atoms with E-state index in [0.29, 0.717) is 17.1 Å². The van der Waals surface area contributed by atoms with Gasteiger partial charge >= 0.3 is 0 Å². The van der Waals surface area contributed by atoms with E-state index in [1.54, 1.807) is 36.4 Å². The maximum atomic E-state index is 14.3. The molecule has 0 unspecified atom stereocenters. The van der Waals surface area contributed by atoms with Crippen LogP contribution in [0.1, 0.15) is 21.7 Å². The summed E-state index contributed by atoms with van der Waals surface area (Å²) in [6.45, 7) is 0.253. The van der Waals surface area contributed by atoms with Gasteiger partial charge in [-0.05, 0) is 30.3 Å². The van der Waals surface area contributed by atoms with Crippen molar-refractivity contribution in [2.24, 2.45) is 0 Å². The average Bonchev–Trinajstić information content (AvgIpc) is 3.15. The summed E-state index contributed by atoms with van der Waals surface area (Å²) in [5.74, 6) is -0.221. The molecule has 134 valence electrons. The lowest BCUT2D eigenvalue weighted by atomic mass is 10.1. The number of benzene rings is 2. The molecule has 1 aromatic heterocycles. The molecule has 0 aliphatic heterocycles. The SMILES string of the molecule is COc1ccc(C(=O)N(Cc2ccco2)Cc2ccccc2O)c(F)c1. The maximum Gasteiger partial charge on any atom is 0.257 e. The molecule has 0 spiro atoms. The lowest BCUT2D eigenvalue weighted by Gasteiger charge is -2.23. The number of carbonyl (C=O) groups excluding carboxylic acids is 1. The predicted octanol–water partition coefficient (Wildman–Crippen LogP) is 3.98. The van der Waals surface area contributed by atoms with Gasteiger partial charge in [0, 0.05) is 11.6 Å². The Bertz CT molecular complexity index is 893. The minimum Gasteiger partial charge on any atom is -0.508 e. The van der Waals surface area contributed by atoms with Gasteiger partial charge in [-0.1, -0.05) is 18.2 Å². The molecule has 1 heterocycles. The fourth-order valence-corrected chi connectivity index (χ4v) is 2.61. The first kappa shape index (κ1) is 17.5. The van der Waals surface area contributed by atoms with Crippen molar-refractivity contribution in [3.8, 4) is 11.5 Å². The third-order valence-corrected chi connectivity index (χ3v) is 3.97. The molecule has 0 saturated carbocycles. The highest BCUT2D eigenvalue weighted by molar-refractivity contribution is 5.94. The van der Waals surface area contributed by atoms with Gasteiger partial charge in [-0.2, -0.15) is 0 Å². The molecular formula is C20H18FNO4. The Morgan fingerprint density at radius 1 is 1.15 bits per heavy atom. The number of nitrogens with zero attached hydrogens (tertiary/aromatic N) is 1. The molecule has 26 heavy (non-hydrogen) atoms. The average molecular weight is 355 g/mol. The molecule has 2 aromatic carbocycles. The van der Waals surface area contributed by atoms with Crippen LogP contribution in [-0.4, -0.2) is 23.0 Å². The van der Waals surface area contributed by atoms with Crippen LogP contribution < -0.4 is 4.74 Å². The van der Waals surface area contributed by atoms with Crippen molar-refractivity contribution < 1.29 is 23.4 Å². The number of aromatic hydroxyl groups is 1. The van der Waals surface area contributed by atoms with Crippen molar-refractivity contribution in [3.63, 3.8) is 0 Å². The number of hydrogen-bond donors (Lipinski definition) is 1. The number of rotatable bonds is 6. The van der Waals surface area contributed by atoms with E-state index in [-0.39, 0.29) is 24.4 Å². The van der Waals surface area contributed by atoms with E-state index in [1.807, 2.05) is 0 Å². The smallest absolute Gasteiger partial charge is 0.257 e. The van der Waals surface area contributed by atoms with Gasteiger partial charge in [0.05, 0.1) is 32.0 Å². The molecule has 0 atom stereocenters. The molecule has 3 aromatic rings. The van der Waals surface area contributed by atoms with Crippen molar-refractivity contribution in [2.45, 2.75) is 13.1 Å². The van der Waals surface area contributed by atoms with Crippen LogP contribution in [0.3, 0.4) is 0 Å². The number of amides is 1. The number of para-hydroxylation sites is 1. The summed E-state index contributed by atoms with van der Waals surface area (Å²) in [6, 6.07) is 14.2. The number of furan rings is 1. The summed E-state index contributed by atoms with van der Waals surface area (Å²) in [7, 11) is 1.43.